The van der Waals surface area contributed by atoms with Crippen LogP contribution in [-0.2, 0) is 6.54 Å². The van der Waals surface area contributed by atoms with Gasteiger partial charge in [-0.05, 0) is 70.9 Å². The third-order valence-corrected chi connectivity index (χ3v) is 4.36. The molecule has 0 atom stereocenters. The molecule has 0 aromatic heterocycles. The molecular weight excluding hydrogens is 276 g/mol. The van der Waals surface area contributed by atoms with Crippen LogP contribution in [0.2, 0.25) is 0 Å². The zero-order valence-corrected chi connectivity index (χ0v) is 14.8. The number of rotatable bonds is 7. The maximum atomic E-state index is 8.99. The highest BCUT2D eigenvalue weighted by Crippen LogP contribution is 2.25. The molecule has 1 aromatic rings. The Morgan fingerprint density at radius 3 is 2.24 bits per heavy atom. The van der Waals surface area contributed by atoms with Gasteiger partial charge in [-0.25, -0.2) is 0 Å². The largest absolute Gasteiger partial charge is 0.308 e. The fourth-order valence-electron chi connectivity index (χ4n) is 1.83. The molecule has 0 amide bonds. The number of benzene rings is 1. The van der Waals surface area contributed by atoms with Gasteiger partial charge in [-0.3, -0.25) is 0 Å². The number of hydrogen-bond acceptors (Lipinski definition) is 3. The molecule has 0 fully saturated rings. The van der Waals surface area contributed by atoms with E-state index < -0.39 is 0 Å². The third kappa shape index (κ3) is 8.14. The first-order valence-corrected chi connectivity index (χ1v) is 8.58. The van der Waals surface area contributed by atoms with Crippen LogP contribution in [0.15, 0.2) is 29.2 Å². The maximum Gasteiger partial charge on any atom is 0.0683 e. The standard InChI is InChI=1S/C18H28N2S/c1-17(2,3)20-13-15-7-9-16(10-8-15)21-12-6-11-18(4,5)14-19/h7-10,20H,6,11-13H2,1-5H3. The Bertz CT molecular complexity index is 463. The van der Waals surface area contributed by atoms with Crippen molar-refractivity contribution >= 4 is 11.8 Å². The molecule has 0 radical (unpaired) electrons. The first-order chi connectivity index (χ1) is 9.72. The van der Waals surface area contributed by atoms with Crippen LogP contribution in [0.4, 0.5) is 0 Å². The Hall–Kier alpha value is -0.980. The number of thioether (sulfide) groups is 1. The van der Waals surface area contributed by atoms with E-state index in [2.05, 4.69) is 56.4 Å². The number of nitrogens with one attached hydrogen (secondary N) is 1. The summed E-state index contributed by atoms with van der Waals surface area (Å²) in [4.78, 5) is 1.31. The van der Waals surface area contributed by atoms with Crippen molar-refractivity contribution in [2.45, 2.75) is 64.4 Å². The van der Waals surface area contributed by atoms with Crippen LogP contribution < -0.4 is 5.32 Å². The van der Waals surface area contributed by atoms with Crippen LogP contribution in [0.3, 0.4) is 0 Å². The molecule has 0 heterocycles. The SMILES string of the molecule is CC(C)(C#N)CCCSc1ccc(CNC(C)(C)C)cc1. The molecular formula is C18H28N2S. The van der Waals surface area contributed by atoms with Gasteiger partial charge in [0.15, 0.2) is 0 Å². The van der Waals surface area contributed by atoms with E-state index in [1.807, 2.05) is 25.6 Å². The highest BCUT2D eigenvalue weighted by atomic mass is 32.2. The van der Waals surface area contributed by atoms with E-state index in [0.717, 1.165) is 25.1 Å². The summed E-state index contributed by atoms with van der Waals surface area (Å²) in [5.74, 6) is 1.07. The molecule has 1 N–H and O–H groups in total. The van der Waals surface area contributed by atoms with Crippen molar-refractivity contribution in [1.82, 2.24) is 5.32 Å². The van der Waals surface area contributed by atoms with Gasteiger partial charge in [-0.1, -0.05) is 12.1 Å². The lowest BCUT2D eigenvalue weighted by atomic mass is 9.90. The minimum Gasteiger partial charge on any atom is -0.308 e. The van der Waals surface area contributed by atoms with Gasteiger partial charge < -0.3 is 5.32 Å². The molecule has 21 heavy (non-hydrogen) atoms. The van der Waals surface area contributed by atoms with E-state index in [1.54, 1.807) is 0 Å². The average Bonchev–Trinajstić information content (AvgIpc) is 2.42. The molecule has 1 rings (SSSR count). The van der Waals surface area contributed by atoms with Crippen molar-refractivity contribution in [3.8, 4) is 6.07 Å². The second kappa shape index (κ2) is 7.87. The molecule has 0 saturated carbocycles. The van der Waals surface area contributed by atoms with E-state index in [4.69, 9.17) is 5.26 Å². The number of hydrogen-bond donors (Lipinski definition) is 1. The Kier molecular flexibility index (Phi) is 6.77. The van der Waals surface area contributed by atoms with Crippen LogP contribution >= 0.6 is 11.8 Å². The fourth-order valence-corrected chi connectivity index (χ4v) is 2.68. The minimum absolute atomic E-state index is 0.154. The van der Waals surface area contributed by atoms with Crippen molar-refractivity contribution in [3.63, 3.8) is 0 Å². The van der Waals surface area contributed by atoms with Gasteiger partial charge in [0.2, 0.25) is 0 Å². The average molecular weight is 305 g/mol. The summed E-state index contributed by atoms with van der Waals surface area (Å²) >= 11 is 1.87. The van der Waals surface area contributed by atoms with E-state index >= 15 is 0 Å². The van der Waals surface area contributed by atoms with Crippen LogP contribution in [0.5, 0.6) is 0 Å². The Balaban J connectivity index is 2.33. The maximum absolute atomic E-state index is 8.99. The molecule has 0 unspecified atom stereocenters. The van der Waals surface area contributed by atoms with E-state index in [1.165, 1.54) is 10.5 Å². The predicted molar refractivity (Wildman–Crippen MR) is 92.4 cm³/mol. The van der Waals surface area contributed by atoms with Crippen molar-refractivity contribution in [2.75, 3.05) is 5.75 Å². The van der Waals surface area contributed by atoms with Gasteiger partial charge in [0.1, 0.15) is 0 Å². The highest BCUT2D eigenvalue weighted by molar-refractivity contribution is 7.99. The molecule has 0 spiro atoms. The lowest BCUT2D eigenvalue weighted by Crippen LogP contribution is -2.35. The quantitative estimate of drug-likeness (QED) is 0.569. The molecule has 0 bridgehead atoms. The Morgan fingerprint density at radius 2 is 1.71 bits per heavy atom. The summed E-state index contributed by atoms with van der Waals surface area (Å²) in [6, 6.07) is 11.1. The predicted octanol–water partition coefficient (Wildman–Crippen LogP) is 5.00. The number of nitrogens with zero attached hydrogens (tertiary/aromatic N) is 1. The molecule has 1 aromatic carbocycles. The lowest BCUT2D eigenvalue weighted by Gasteiger charge is -2.20. The first kappa shape index (κ1) is 18.1. The third-order valence-electron chi connectivity index (χ3n) is 3.26. The van der Waals surface area contributed by atoms with Crippen molar-refractivity contribution in [3.05, 3.63) is 29.8 Å². The molecule has 2 nitrogen and oxygen atoms in total. The number of nitriles is 1. The van der Waals surface area contributed by atoms with Crippen LogP contribution in [0.25, 0.3) is 0 Å². The van der Waals surface area contributed by atoms with E-state index in [9.17, 15) is 0 Å². The van der Waals surface area contributed by atoms with Gasteiger partial charge in [0.25, 0.3) is 0 Å². The zero-order chi connectivity index (χ0) is 15.9. The lowest BCUT2D eigenvalue weighted by molar-refractivity contribution is 0.424. The minimum atomic E-state index is -0.191. The second-order valence-electron chi connectivity index (χ2n) is 7.20. The Labute approximate surface area is 134 Å². The van der Waals surface area contributed by atoms with E-state index in [0.29, 0.717) is 0 Å². The molecule has 0 aliphatic carbocycles. The van der Waals surface area contributed by atoms with Crippen LogP contribution in [0, 0.1) is 16.7 Å². The molecule has 0 aliphatic heterocycles. The van der Waals surface area contributed by atoms with E-state index in [-0.39, 0.29) is 11.0 Å². The van der Waals surface area contributed by atoms with Crippen molar-refractivity contribution < 1.29 is 0 Å². The summed E-state index contributed by atoms with van der Waals surface area (Å²) in [7, 11) is 0. The summed E-state index contributed by atoms with van der Waals surface area (Å²) in [5, 5.41) is 12.5. The van der Waals surface area contributed by atoms with Gasteiger partial charge in [-0.2, -0.15) is 5.26 Å². The molecule has 0 aliphatic rings. The normalized spacial score (nSPS) is 12.2. The van der Waals surface area contributed by atoms with Gasteiger partial charge in [0.05, 0.1) is 11.5 Å². The fraction of sp³-hybridized carbons (Fsp3) is 0.611. The zero-order valence-electron chi connectivity index (χ0n) is 14.0. The summed E-state index contributed by atoms with van der Waals surface area (Å²) in [5.41, 5.74) is 1.28. The van der Waals surface area contributed by atoms with Gasteiger partial charge in [-0.15, -0.1) is 11.8 Å². The highest BCUT2D eigenvalue weighted by Gasteiger charge is 2.15. The molecule has 0 saturated heterocycles. The van der Waals surface area contributed by atoms with Gasteiger partial charge in [0, 0.05) is 17.0 Å². The molecule has 3 heteroatoms. The topological polar surface area (TPSA) is 35.8 Å². The van der Waals surface area contributed by atoms with Crippen molar-refractivity contribution in [2.24, 2.45) is 5.41 Å². The van der Waals surface area contributed by atoms with Crippen LogP contribution in [0.1, 0.15) is 53.0 Å². The summed E-state index contributed by atoms with van der Waals surface area (Å²) in [6.45, 7) is 11.5. The monoisotopic (exact) mass is 304 g/mol. The first-order valence-electron chi connectivity index (χ1n) is 7.60. The Morgan fingerprint density at radius 1 is 1.10 bits per heavy atom. The summed E-state index contributed by atoms with van der Waals surface area (Å²) < 4.78 is 0. The molecule has 116 valence electrons. The van der Waals surface area contributed by atoms with Crippen molar-refractivity contribution in [1.29, 1.82) is 5.26 Å². The smallest absolute Gasteiger partial charge is 0.0683 e. The van der Waals surface area contributed by atoms with Crippen LogP contribution in [-0.4, -0.2) is 11.3 Å². The second-order valence-corrected chi connectivity index (χ2v) is 8.36. The summed E-state index contributed by atoms with van der Waals surface area (Å²) in [6.07, 6.45) is 2.04. The van der Waals surface area contributed by atoms with Gasteiger partial charge >= 0.3 is 0 Å².